The van der Waals surface area contributed by atoms with E-state index in [0.29, 0.717) is 26.5 Å². The zero-order valence-corrected chi connectivity index (χ0v) is 16.6. The van der Waals surface area contributed by atoms with Crippen LogP contribution in [0.25, 0.3) is 21.5 Å². The van der Waals surface area contributed by atoms with E-state index in [0.717, 1.165) is 22.7 Å². The first-order valence-corrected chi connectivity index (χ1v) is 9.72. The first-order valence-electron chi connectivity index (χ1n) is 8.53. The van der Waals surface area contributed by atoms with E-state index < -0.39 is 11.7 Å². The van der Waals surface area contributed by atoms with Gasteiger partial charge in [-0.15, -0.1) is 11.3 Å². The van der Waals surface area contributed by atoms with Crippen molar-refractivity contribution in [2.45, 2.75) is 19.6 Å². The number of thiazole rings is 1. The lowest BCUT2D eigenvalue weighted by molar-refractivity contribution is -0.137. The van der Waals surface area contributed by atoms with Gasteiger partial charge in [-0.2, -0.15) is 18.3 Å². The number of halogens is 4. The lowest BCUT2D eigenvalue weighted by Gasteiger charge is -2.10. The van der Waals surface area contributed by atoms with Gasteiger partial charge >= 0.3 is 6.18 Å². The van der Waals surface area contributed by atoms with Crippen LogP contribution in [0.4, 0.5) is 13.2 Å². The van der Waals surface area contributed by atoms with Gasteiger partial charge in [0.1, 0.15) is 5.69 Å². The molecule has 2 heterocycles. The van der Waals surface area contributed by atoms with Crippen LogP contribution in [0.2, 0.25) is 5.02 Å². The normalized spacial score (nSPS) is 11.9. The van der Waals surface area contributed by atoms with E-state index in [9.17, 15) is 18.0 Å². The maximum atomic E-state index is 12.9. The minimum absolute atomic E-state index is 0.0318. The van der Waals surface area contributed by atoms with E-state index in [1.54, 1.807) is 31.2 Å². The van der Waals surface area contributed by atoms with Crippen LogP contribution < -0.4 is 5.56 Å². The third-order valence-electron chi connectivity index (χ3n) is 4.34. The molecule has 4 rings (SSSR count). The number of hydrogen-bond acceptors (Lipinski definition) is 4. The molecule has 148 valence electrons. The maximum Gasteiger partial charge on any atom is 0.416 e. The Kier molecular flexibility index (Phi) is 4.92. The molecule has 2 aromatic heterocycles. The van der Waals surface area contributed by atoms with Gasteiger partial charge in [-0.3, -0.25) is 4.79 Å². The fraction of sp³-hybridized carbons (Fsp3) is 0.150. The molecule has 0 aliphatic rings. The van der Waals surface area contributed by atoms with Gasteiger partial charge in [-0.05, 0) is 36.8 Å². The van der Waals surface area contributed by atoms with Gasteiger partial charge < -0.3 is 0 Å². The summed E-state index contributed by atoms with van der Waals surface area (Å²) in [5, 5.41) is 5.79. The predicted octanol–water partition coefficient (Wildman–Crippen LogP) is 5.55. The van der Waals surface area contributed by atoms with Crippen LogP contribution in [0.15, 0.2) is 53.3 Å². The summed E-state index contributed by atoms with van der Waals surface area (Å²) in [6.45, 7) is 1.83. The summed E-state index contributed by atoms with van der Waals surface area (Å²) in [6, 6.07) is 11.7. The molecular formula is C20H13ClF3N3OS. The Morgan fingerprint density at radius 3 is 2.34 bits per heavy atom. The molecule has 0 radical (unpaired) electrons. The molecule has 0 spiro atoms. The number of nitrogens with zero attached hydrogens (tertiary/aromatic N) is 3. The van der Waals surface area contributed by atoms with Crippen molar-refractivity contribution < 1.29 is 13.2 Å². The zero-order valence-electron chi connectivity index (χ0n) is 15.0. The molecule has 4 nitrogen and oxygen atoms in total. The maximum absolute atomic E-state index is 12.9. The van der Waals surface area contributed by atoms with Crippen LogP contribution in [-0.4, -0.2) is 14.8 Å². The number of benzene rings is 2. The molecule has 0 bridgehead atoms. The van der Waals surface area contributed by atoms with Crippen molar-refractivity contribution in [3.05, 3.63) is 80.0 Å². The Labute approximate surface area is 172 Å². The van der Waals surface area contributed by atoms with Crippen molar-refractivity contribution in [1.82, 2.24) is 14.8 Å². The molecule has 2 aromatic carbocycles. The first kappa shape index (κ1) is 19.6. The molecule has 0 N–H and O–H groups in total. The van der Waals surface area contributed by atoms with E-state index in [1.807, 2.05) is 0 Å². The third kappa shape index (κ3) is 3.90. The Hall–Kier alpha value is -2.71. The molecule has 0 fully saturated rings. The summed E-state index contributed by atoms with van der Waals surface area (Å²) in [7, 11) is 0. The number of aryl methyl sites for hydroxylation is 1. The summed E-state index contributed by atoms with van der Waals surface area (Å²) in [4.78, 5) is 17.2. The second-order valence-corrected chi connectivity index (χ2v) is 8.06. The van der Waals surface area contributed by atoms with Gasteiger partial charge in [0, 0.05) is 10.6 Å². The van der Waals surface area contributed by atoms with E-state index in [2.05, 4.69) is 10.1 Å². The molecule has 9 heteroatoms. The summed E-state index contributed by atoms with van der Waals surface area (Å²) in [5.41, 5.74) is 1.04. The van der Waals surface area contributed by atoms with Crippen LogP contribution in [0.1, 0.15) is 16.1 Å². The fourth-order valence-electron chi connectivity index (χ4n) is 2.94. The summed E-state index contributed by atoms with van der Waals surface area (Å²) in [6.07, 6.45) is -4.41. The zero-order chi connectivity index (χ0) is 20.8. The second kappa shape index (κ2) is 7.27. The van der Waals surface area contributed by atoms with E-state index in [-0.39, 0.29) is 12.1 Å². The summed E-state index contributed by atoms with van der Waals surface area (Å²) >= 11 is 7.33. The minimum atomic E-state index is -4.41. The van der Waals surface area contributed by atoms with Crippen molar-refractivity contribution in [1.29, 1.82) is 0 Å². The smallest absolute Gasteiger partial charge is 0.265 e. The summed E-state index contributed by atoms with van der Waals surface area (Å²) < 4.78 is 40.2. The average molecular weight is 436 g/mol. The summed E-state index contributed by atoms with van der Waals surface area (Å²) in [5.74, 6) is 0. The molecule has 0 unspecified atom stereocenters. The van der Waals surface area contributed by atoms with Crippen LogP contribution >= 0.6 is 22.9 Å². The second-order valence-electron chi connectivity index (χ2n) is 6.42. The molecule has 0 atom stereocenters. The Morgan fingerprint density at radius 2 is 1.72 bits per heavy atom. The highest BCUT2D eigenvalue weighted by Crippen LogP contribution is 2.31. The van der Waals surface area contributed by atoms with Crippen LogP contribution in [0.5, 0.6) is 0 Å². The van der Waals surface area contributed by atoms with Crippen LogP contribution in [-0.2, 0) is 12.7 Å². The number of rotatable bonds is 3. The van der Waals surface area contributed by atoms with Crippen molar-refractivity contribution >= 4 is 33.2 Å². The van der Waals surface area contributed by atoms with Gasteiger partial charge in [-0.25, -0.2) is 9.67 Å². The van der Waals surface area contributed by atoms with Gasteiger partial charge in [0.05, 0.1) is 21.8 Å². The van der Waals surface area contributed by atoms with Crippen LogP contribution in [0, 0.1) is 6.92 Å². The molecule has 0 saturated heterocycles. The van der Waals surface area contributed by atoms with E-state index in [4.69, 9.17) is 11.6 Å². The average Bonchev–Trinajstić information content (AvgIpc) is 3.06. The SMILES string of the molecule is Cc1nc2c(=O)n(Cc3ccc(C(F)(F)F)cc3)nc(-c3ccc(Cl)cc3)c2s1. The number of alkyl halides is 3. The number of fused-ring (bicyclic) bond motifs is 1. The molecule has 4 aromatic rings. The molecule has 29 heavy (non-hydrogen) atoms. The first-order chi connectivity index (χ1) is 13.7. The predicted molar refractivity (Wildman–Crippen MR) is 107 cm³/mol. The Morgan fingerprint density at radius 1 is 1.07 bits per heavy atom. The van der Waals surface area contributed by atoms with Crippen molar-refractivity contribution in [3.8, 4) is 11.3 Å². The Bertz CT molecular complexity index is 1250. The van der Waals surface area contributed by atoms with Gasteiger partial charge in [0.25, 0.3) is 5.56 Å². The molecule has 0 amide bonds. The third-order valence-corrected chi connectivity index (χ3v) is 5.57. The van der Waals surface area contributed by atoms with Crippen molar-refractivity contribution in [3.63, 3.8) is 0 Å². The molecule has 0 aliphatic carbocycles. The highest BCUT2D eigenvalue weighted by molar-refractivity contribution is 7.19. The van der Waals surface area contributed by atoms with E-state index >= 15 is 0 Å². The highest BCUT2D eigenvalue weighted by atomic mass is 35.5. The van der Waals surface area contributed by atoms with Crippen molar-refractivity contribution in [2.24, 2.45) is 0 Å². The molecule has 0 aliphatic heterocycles. The number of aromatic nitrogens is 3. The minimum Gasteiger partial charge on any atom is -0.265 e. The topological polar surface area (TPSA) is 47.8 Å². The molecular weight excluding hydrogens is 423 g/mol. The largest absolute Gasteiger partial charge is 0.416 e. The van der Waals surface area contributed by atoms with Gasteiger partial charge in [0.15, 0.2) is 5.52 Å². The van der Waals surface area contributed by atoms with E-state index in [1.165, 1.54) is 28.2 Å². The van der Waals surface area contributed by atoms with Crippen molar-refractivity contribution in [2.75, 3.05) is 0 Å². The van der Waals surface area contributed by atoms with Gasteiger partial charge in [-0.1, -0.05) is 35.9 Å². The van der Waals surface area contributed by atoms with Crippen LogP contribution in [0.3, 0.4) is 0 Å². The quantitative estimate of drug-likeness (QED) is 0.424. The Balaban J connectivity index is 1.81. The standard InChI is InChI=1S/C20H13ClF3N3OS/c1-11-25-17-18(29-11)16(13-4-8-15(21)9-5-13)26-27(19(17)28)10-12-2-6-14(7-3-12)20(22,23)24/h2-9H,10H2,1H3. The molecule has 0 saturated carbocycles. The lowest BCUT2D eigenvalue weighted by Crippen LogP contribution is -2.24. The highest BCUT2D eigenvalue weighted by Gasteiger charge is 2.30. The number of hydrogen-bond donors (Lipinski definition) is 0. The fourth-order valence-corrected chi connectivity index (χ4v) is 3.99. The monoisotopic (exact) mass is 435 g/mol. The lowest BCUT2D eigenvalue weighted by atomic mass is 10.1. The van der Waals surface area contributed by atoms with Gasteiger partial charge in [0.2, 0.25) is 0 Å².